The molecule has 0 atom stereocenters. The van der Waals surface area contributed by atoms with Crippen molar-refractivity contribution < 1.29 is 4.42 Å². The zero-order valence-electron chi connectivity index (χ0n) is 29.0. The Kier molecular flexibility index (Phi) is 8.72. The first-order chi connectivity index (χ1) is 26.2. The molecule has 8 aromatic carbocycles. The first-order valence-corrected chi connectivity index (χ1v) is 18.8. The molecule has 0 unspecified atom stereocenters. The van der Waals surface area contributed by atoms with Crippen LogP contribution in [0.15, 0.2) is 203 Å². The van der Waals surface area contributed by atoms with Crippen LogP contribution in [0.25, 0.3) is 55.3 Å². The maximum atomic E-state index is 7.12. The summed E-state index contributed by atoms with van der Waals surface area (Å²) in [6, 6.07) is 68.2. The van der Waals surface area contributed by atoms with Gasteiger partial charge in [0.1, 0.15) is 11.2 Å². The van der Waals surface area contributed by atoms with Gasteiger partial charge in [-0.05, 0) is 81.9 Å². The zero-order valence-corrected chi connectivity index (χ0v) is 29.8. The molecule has 2 N–H and O–H groups in total. The molecular weight excluding hydrogens is 665 g/mol. The van der Waals surface area contributed by atoms with Gasteiger partial charge >= 0.3 is 0 Å². The molecule has 0 bridgehead atoms. The second-order valence-corrected chi connectivity index (χ2v) is 14.1. The molecule has 0 fully saturated rings. The normalized spacial score (nSPS) is 11.2. The van der Waals surface area contributed by atoms with Crippen molar-refractivity contribution in [2.45, 2.75) is 10.6 Å². The van der Waals surface area contributed by atoms with Crippen LogP contribution in [-0.4, -0.2) is 0 Å². The Morgan fingerprint density at radius 3 is 1.53 bits per heavy atom. The van der Waals surface area contributed by atoms with Crippen LogP contribution in [0.3, 0.4) is 0 Å². The Bertz CT molecular complexity index is 2640. The fraction of sp³-hybridized carbons (Fsp3) is 0.0204. The molecule has 53 heavy (non-hydrogen) atoms. The van der Waals surface area contributed by atoms with Crippen molar-refractivity contribution in [3.05, 3.63) is 200 Å². The highest BCUT2D eigenvalue weighted by Gasteiger charge is 2.20. The summed E-state index contributed by atoms with van der Waals surface area (Å²) in [6.07, 6.45) is 0. The molecule has 1 heterocycles. The van der Waals surface area contributed by atoms with Crippen LogP contribution in [0.4, 0.5) is 22.7 Å². The average molecular weight is 701 g/mol. The molecule has 0 spiro atoms. The minimum atomic E-state index is 0.728. The lowest BCUT2D eigenvalue weighted by molar-refractivity contribution is 0.670. The van der Waals surface area contributed by atoms with Crippen LogP contribution in [-0.2, 0) is 5.75 Å². The Labute approximate surface area is 314 Å². The van der Waals surface area contributed by atoms with Crippen molar-refractivity contribution in [1.29, 1.82) is 0 Å². The molecule has 3 nitrogen and oxygen atoms in total. The molecule has 0 amide bonds. The Hall–Kier alpha value is -6.49. The number of nitrogen functional groups attached to an aromatic ring is 1. The minimum Gasteiger partial charge on any atom is -0.455 e. The molecule has 4 heteroatoms. The number of nitrogens with zero attached hydrogens (tertiary/aromatic N) is 1. The first kappa shape index (κ1) is 32.4. The third-order valence-electron chi connectivity index (χ3n) is 9.79. The summed E-state index contributed by atoms with van der Waals surface area (Å²) < 4.78 is 6.56. The number of rotatable bonds is 9. The van der Waals surface area contributed by atoms with Gasteiger partial charge in [0, 0.05) is 44.0 Å². The third-order valence-corrected chi connectivity index (χ3v) is 10.9. The van der Waals surface area contributed by atoms with Crippen LogP contribution < -0.4 is 10.6 Å². The summed E-state index contributed by atoms with van der Waals surface area (Å²) in [5.41, 5.74) is 20.7. The summed E-state index contributed by atoms with van der Waals surface area (Å²) in [5, 5.41) is 2.16. The van der Waals surface area contributed by atoms with Gasteiger partial charge in [-0.2, -0.15) is 0 Å². The lowest BCUT2D eigenvalue weighted by atomic mass is 9.99. The van der Waals surface area contributed by atoms with Gasteiger partial charge in [0.05, 0.1) is 5.69 Å². The van der Waals surface area contributed by atoms with E-state index in [0.29, 0.717) is 0 Å². The topological polar surface area (TPSA) is 42.4 Å². The van der Waals surface area contributed by atoms with E-state index in [9.17, 15) is 0 Å². The smallest absolute Gasteiger partial charge is 0.145 e. The molecule has 9 aromatic rings. The number of furan rings is 1. The third kappa shape index (κ3) is 6.46. The molecule has 0 saturated carbocycles. The van der Waals surface area contributed by atoms with E-state index < -0.39 is 0 Å². The van der Waals surface area contributed by atoms with Gasteiger partial charge < -0.3 is 15.1 Å². The van der Waals surface area contributed by atoms with Crippen LogP contribution in [0, 0.1) is 0 Å². The highest BCUT2D eigenvalue weighted by molar-refractivity contribution is 7.98. The van der Waals surface area contributed by atoms with Crippen LogP contribution in [0.2, 0.25) is 0 Å². The predicted molar refractivity (Wildman–Crippen MR) is 225 cm³/mol. The van der Waals surface area contributed by atoms with E-state index >= 15 is 0 Å². The number of hydrogen-bond donors (Lipinski definition) is 1. The van der Waals surface area contributed by atoms with Crippen molar-refractivity contribution in [2.75, 3.05) is 10.6 Å². The predicted octanol–water partition coefficient (Wildman–Crippen LogP) is 13.9. The van der Waals surface area contributed by atoms with Crippen LogP contribution >= 0.6 is 11.8 Å². The maximum absolute atomic E-state index is 7.12. The summed E-state index contributed by atoms with van der Waals surface area (Å²) in [7, 11) is 0. The molecule has 254 valence electrons. The molecular formula is C49H36N2OS. The van der Waals surface area contributed by atoms with E-state index in [1.165, 1.54) is 27.8 Å². The average Bonchev–Trinajstić information content (AvgIpc) is 3.60. The van der Waals surface area contributed by atoms with Crippen molar-refractivity contribution >= 4 is 56.4 Å². The highest BCUT2D eigenvalue weighted by Crippen LogP contribution is 2.46. The van der Waals surface area contributed by atoms with E-state index in [1.807, 2.05) is 24.3 Å². The largest absolute Gasteiger partial charge is 0.455 e. The number of hydrogen-bond acceptors (Lipinski definition) is 4. The quantitative estimate of drug-likeness (QED) is 0.120. The number of thioether (sulfide) groups is 1. The summed E-state index contributed by atoms with van der Waals surface area (Å²) >= 11 is 1.76. The summed E-state index contributed by atoms with van der Waals surface area (Å²) in [5.74, 6) is 0.800. The van der Waals surface area contributed by atoms with Crippen LogP contribution in [0.5, 0.6) is 0 Å². The zero-order chi connectivity index (χ0) is 35.6. The Morgan fingerprint density at radius 1 is 0.453 bits per heavy atom. The van der Waals surface area contributed by atoms with Gasteiger partial charge in [0.2, 0.25) is 0 Å². The lowest BCUT2D eigenvalue weighted by Crippen LogP contribution is -2.09. The standard InChI is InChI=1S/C49H36N2OS/c50-48-46(53-33-34-20-22-37(23-21-34)35-12-4-1-5-13-35)32-44-43-18-10-11-19-45(43)52-49(44)47(48)39-26-30-42(31-27-39)51(40-16-8-3-9-17-40)41-28-24-38(25-29-41)36-14-6-2-7-15-36/h1-32H,33,50H2. The molecule has 9 rings (SSSR count). The second kappa shape index (κ2) is 14.3. The van der Waals surface area contributed by atoms with Crippen molar-refractivity contribution in [2.24, 2.45) is 0 Å². The van der Waals surface area contributed by atoms with Gasteiger partial charge in [0.15, 0.2) is 0 Å². The van der Waals surface area contributed by atoms with E-state index in [4.69, 9.17) is 10.2 Å². The van der Waals surface area contributed by atoms with E-state index in [1.54, 1.807) is 11.8 Å². The van der Waals surface area contributed by atoms with Crippen LogP contribution in [0.1, 0.15) is 5.56 Å². The van der Waals surface area contributed by atoms with Gasteiger partial charge in [-0.1, -0.05) is 146 Å². The number of nitrogens with two attached hydrogens (primary N) is 1. The number of anilines is 4. The summed E-state index contributed by atoms with van der Waals surface area (Å²) in [6.45, 7) is 0. The van der Waals surface area contributed by atoms with Gasteiger partial charge in [-0.25, -0.2) is 0 Å². The maximum Gasteiger partial charge on any atom is 0.145 e. The number of benzene rings is 8. The van der Waals surface area contributed by atoms with Crippen molar-refractivity contribution in [1.82, 2.24) is 0 Å². The van der Waals surface area contributed by atoms with E-state index in [2.05, 4.69) is 175 Å². The molecule has 0 aliphatic carbocycles. The van der Waals surface area contributed by atoms with Gasteiger partial charge in [-0.15, -0.1) is 11.8 Å². The minimum absolute atomic E-state index is 0.728. The molecule has 1 aromatic heterocycles. The van der Waals surface area contributed by atoms with Gasteiger partial charge in [0.25, 0.3) is 0 Å². The van der Waals surface area contributed by atoms with Crippen molar-refractivity contribution in [3.63, 3.8) is 0 Å². The van der Waals surface area contributed by atoms with Gasteiger partial charge in [-0.3, -0.25) is 0 Å². The highest BCUT2D eigenvalue weighted by atomic mass is 32.2. The van der Waals surface area contributed by atoms with E-state index in [-0.39, 0.29) is 0 Å². The first-order valence-electron chi connectivity index (χ1n) is 17.8. The van der Waals surface area contributed by atoms with E-state index in [0.717, 1.165) is 66.5 Å². The number of para-hydroxylation sites is 2. The number of fused-ring (bicyclic) bond motifs is 3. The monoisotopic (exact) mass is 700 g/mol. The molecule has 0 aliphatic heterocycles. The fourth-order valence-electron chi connectivity index (χ4n) is 7.07. The summed E-state index contributed by atoms with van der Waals surface area (Å²) in [4.78, 5) is 3.33. The molecule has 0 radical (unpaired) electrons. The van der Waals surface area contributed by atoms with Crippen molar-refractivity contribution in [3.8, 4) is 33.4 Å². The Morgan fingerprint density at radius 2 is 0.925 bits per heavy atom. The SMILES string of the molecule is Nc1c(SCc2ccc(-c3ccccc3)cc2)cc2c(oc3ccccc32)c1-c1ccc(N(c2ccccc2)c2ccc(-c3ccccc3)cc2)cc1. The molecule has 0 saturated heterocycles. The molecule has 0 aliphatic rings. The fourth-order valence-corrected chi connectivity index (χ4v) is 8.05. The Balaban J connectivity index is 1.08. The lowest BCUT2D eigenvalue weighted by Gasteiger charge is -2.26. The second-order valence-electron chi connectivity index (χ2n) is 13.1.